The van der Waals surface area contributed by atoms with Gasteiger partial charge in [-0.1, -0.05) is 0 Å². The van der Waals surface area contributed by atoms with Crippen molar-refractivity contribution in [3.8, 4) is 5.75 Å². The molecule has 1 amide bonds. The van der Waals surface area contributed by atoms with Gasteiger partial charge in [0.15, 0.2) is 0 Å². The quantitative estimate of drug-likeness (QED) is 0.698. The number of nitrogens with two attached hydrogens (primary N) is 1. The minimum atomic E-state index is -0.176. The molecule has 0 atom stereocenters. The van der Waals surface area contributed by atoms with Crippen LogP contribution >= 0.6 is 0 Å². The largest absolute Gasteiger partial charge is 0.497 e. The molecule has 0 unspecified atom stereocenters. The number of nitrogens with one attached hydrogen (secondary N) is 2. The van der Waals surface area contributed by atoms with E-state index >= 15 is 0 Å². The summed E-state index contributed by atoms with van der Waals surface area (Å²) in [7, 11) is 1.54. The van der Waals surface area contributed by atoms with Gasteiger partial charge in [-0.15, -0.1) is 0 Å². The number of benzene rings is 1. The Balaban J connectivity index is 1.94. The second kappa shape index (κ2) is 5.90. The molecular weight excluding hydrogens is 244 g/mol. The van der Waals surface area contributed by atoms with Gasteiger partial charge in [0.2, 0.25) is 0 Å². The van der Waals surface area contributed by atoms with Gasteiger partial charge in [0.1, 0.15) is 5.75 Å². The van der Waals surface area contributed by atoms with Crippen molar-refractivity contribution in [2.45, 2.75) is 6.42 Å². The van der Waals surface area contributed by atoms with Crippen molar-refractivity contribution in [2.24, 2.45) is 0 Å². The number of nitrogens with zero attached hydrogens (tertiary/aromatic N) is 1. The Hall–Kier alpha value is -2.50. The highest BCUT2D eigenvalue weighted by atomic mass is 16.5. The van der Waals surface area contributed by atoms with Crippen LogP contribution in [0.15, 0.2) is 30.7 Å². The number of rotatable bonds is 5. The van der Waals surface area contributed by atoms with E-state index in [1.165, 1.54) is 7.11 Å². The number of hydrogen-bond acceptors (Lipinski definition) is 4. The number of methoxy groups -OCH3 is 1. The predicted molar refractivity (Wildman–Crippen MR) is 72.0 cm³/mol. The molecule has 0 radical (unpaired) electrons. The lowest BCUT2D eigenvalue weighted by Crippen LogP contribution is -2.25. The van der Waals surface area contributed by atoms with Crippen molar-refractivity contribution in [3.63, 3.8) is 0 Å². The molecular formula is C13H16N4O2. The number of H-pyrrole nitrogens is 1. The van der Waals surface area contributed by atoms with Crippen LogP contribution in [0.2, 0.25) is 0 Å². The van der Waals surface area contributed by atoms with E-state index in [1.54, 1.807) is 30.7 Å². The van der Waals surface area contributed by atoms with E-state index in [-0.39, 0.29) is 5.91 Å². The molecule has 100 valence electrons. The molecule has 0 bridgehead atoms. The van der Waals surface area contributed by atoms with Crippen molar-refractivity contribution < 1.29 is 9.53 Å². The molecule has 0 aliphatic carbocycles. The number of hydrogen-bond donors (Lipinski definition) is 3. The third-order valence-corrected chi connectivity index (χ3v) is 2.66. The van der Waals surface area contributed by atoms with Crippen molar-refractivity contribution in [1.82, 2.24) is 15.3 Å². The highest BCUT2D eigenvalue weighted by Gasteiger charge is 2.08. The molecule has 2 aromatic rings. The zero-order chi connectivity index (χ0) is 13.7. The Bertz CT molecular complexity index is 552. The highest BCUT2D eigenvalue weighted by Crippen LogP contribution is 2.18. The molecule has 19 heavy (non-hydrogen) atoms. The number of aromatic nitrogens is 2. The third kappa shape index (κ3) is 3.48. The number of aromatic amines is 1. The van der Waals surface area contributed by atoms with Crippen LogP contribution < -0.4 is 15.8 Å². The summed E-state index contributed by atoms with van der Waals surface area (Å²) in [6, 6.07) is 4.94. The molecule has 6 nitrogen and oxygen atoms in total. The van der Waals surface area contributed by atoms with Crippen LogP contribution in [-0.2, 0) is 6.42 Å². The number of amides is 1. The zero-order valence-electron chi connectivity index (χ0n) is 10.6. The topological polar surface area (TPSA) is 93.0 Å². The lowest BCUT2D eigenvalue weighted by molar-refractivity contribution is 0.0954. The first-order valence-electron chi connectivity index (χ1n) is 5.89. The van der Waals surface area contributed by atoms with Crippen molar-refractivity contribution >= 4 is 11.6 Å². The van der Waals surface area contributed by atoms with Gasteiger partial charge >= 0.3 is 0 Å². The van der Waals surface area contributed by atoms with E-state index < -0.39 is 0 Å². The molecule has 0 spiro atoms. The lowest BCUT2D eigenvalue weighted by atomic mass is 10.1. The van der Waals surface area contributed by atoms with Crippen LogP contribution in [0.1, 0.15) is 16.1 Å². The number of anilines is 1. The summed E-state index contributed by atoms with van der Waals surface area (Å²) in [6.07, 6.45) is 4.04. The molecule has 0 aliphatic rings. The third-order valence-electron chi connectivity index (χ3n) is 2.66. The van der Waals surface area contributed by atoms with Gasteiger partial charge < -0.3 is 20.8 Å². The van der Waals surface area contributed by atoms with Crippen molar-refractivity contribution in [3.05, 3.63) is 42.0 Å². The zero-order valence-corrected chi connectivity index (χ0v) is 10.6. The maximum Gasteiger partial charge on any atom is 0.251 e. The molecule has 0 saturated heterocycles. The summed E-state index contributed by atoms with van der Waals surface area (Å²) in [5.74, 6) is 0.392. The first-order chi connectivity index (χ1) is 9.19. The average Bonchev–Trinajstić information content (AvgIpc) is 2.91. The van der Waals surface area contributed by atoms with Gasteiger partial charge in [-0.3, -0.25) is 4.79 Å². The van der Waals surface area contributed by atoms with Gasteiger partial charge in [-0.05, 0) is 12.1 Å². The number of carbonyl (C=O) groups is 1. The fraction of sp³-hybridized carbons (Fsp3) is 0.231. The second-order valence-corrected chi connectivity index (χ2v) is 4.08. The van der Waals surface area contributed by atoms with Gasteiger partial charge in [-0.25, -0.2) is 4.98 Å². The summed E-state index contributed by atoms with van der Waals surface area (Å²) in [5, 5.41) is 2.82. The molecule has 1 heterocycles. The molecule has 2 rings (SSSR count). The number of carbonyl (C=O) groups excluding carboxylic acids is 1. The number of imidazole rings is 1. The maximum absolute atomic E-state index is 11.9. The lowest BCUT2D eigenvalue weighted by Gasteiger charge is -2.07. The molecule has 4 N–H and O–H groups in total. The van der Waals surface area contributed by atoms with E-state index in [2.05, 4.69) is 15.3 Å². The number of nitrogen functional groups attached to an aromatic ring is 1. The van der Waals surface area contributed by atoms with Crippen LogP contribution in [0.5, 0.6) is 5.75 Å². The first kappa shape index (κ1) is 12.9. The van der Waals surface area contributed by atoms with Gasteiger partial charge in [0, 0.05) is 42.2 Å². The molecule has 0 saturated carbocycles. The second-order valence-electron chi connectivity index (χ2n) is 4.08. The summed E-state index contributed by atoms with van der Waals surface area (Å²) in [5.41, 5.74) is 7.67. The predicted octanol–water partition coefficient (Wildman–Crippen LogP) is 0.973. The summed E-state index contributed by atoms with van der Waals surface area (Å²) < 4.78 is 5.08. The van der Waals surface area contributed by atoms with Gasteiger partial charge in [-0.2, -0.15) is 0 Å². The Labute approximate surface area is 111 Å². The Morgan fingerprint density at radius 3 is 3.00 bits per heavy atom. The molecule has 0 fully saturated rings. The Morgan fingerprint density at radius 2 is 2.32 bits per heavy atom. The molecule has 1 aromatic heterocycles. The summed E-state index contributed by atoms with van der Waals surface area (Å²) >= 11 is 0. The fourth-order valence-corrected chi connectivity index (χ4v) is 1.71. The molecule has 0 aliphatic heterocycles. The van der Waals surface area contributed by atoms with Crippen molar-refractivity contribution in [2.75, 3.05) is 19.4 Å². The smallest absolute Gasteiger partial charge is 0.251 e. The van der Waals surface area contributed by atoms with Gasteiger partial charge in [0.05, 0.1) is 13.4 Å². The number of ether oxygens (including phenoxy) is 1. The SMILES string of the molecule is COc1cc(N)cc(C(=O)NCCc2cnc[nH]2)c1. The first-order valence-corrected chi connectivity index (χ1v) is 5.89. The van der Waals surface area contributed by atoms with Crippen LogP contribution in [0.3, 0.4) is 0 Å². The van der Waals surface area contributed by atoms with E-state index in [9.17, 15) is 4.79 Å². The minimum absolute atomic E-state index is 0.176. The summed E-state index contributed by atoms with van der Waals surface area (Å²) in [4.78, 5) is 18.8. The van der Waals surface area contributed by atoms with E-state index in [4.69, 9.17) is 10.5 Å². The van der Waals surface area contributed by atoms with Crippen LogP contribution in [0, 0.1) is 0 Å². The van der Waals surface area contributed by atoms with E-state index in [1.807, 2.05) is 0 Å². The van der Waals surface area contributed by atoms with Gasteiger partial charge in [0.25, 0.3) is 5.91 Å². The molecule has 6 heteroatoms. The summed E-state index contributed by atoms with van der Waals surface area (Å²) in [6.45, 7) is 0.526. The molecule has 1 aromatic carbocycles. The van der Waals surface area contributed by atoms with Crippen LogP contribution in [0.25, 0.3) is 0 Å². The Kier molecular flexibility index (Phi) is 4.02. The Morgan fingerprint density at radius 1 is 1.47 bits per heavy atom. The van der Waals surface area contributed by atoms with E-state index in [0.717, 1.165) is 5.69 Å². The fourth-order valence-electron chi connectivity index (χ4n) is 1.71. The van der Waals surface area contributed by atoms with E-state index in [0.29, 0.717) is 30.0 Å². The standard InChI is InChI=1S/C13H16N4O2/c1-19-12-5-9(4-10(14)6-12)13(18)16-3-2-11-7-15-8-17-11/h4-8H,2-3,14H2,1H3,(H,15,17)(H,16,18). The van der Waals surface area contributed by atoms with Crippen molar-refractivity contribution in [1.29, 1.82) is 0 Å². The highest BCUT2D eigenvalue weighted by molar-refractivity contribution is 5.95. The normalized spacial score (nSPS) is 10.2. The monoisotopic (exact) mass is 260 g/mol. The van der Waals surface area contributed by atoms with Crippen LogP contribution in [0.4, 0.5) is 5.69 Å². The van der Waals surface area contributed by atoms with Crippen LogP contribution in [-0.4, -0.2) is 29.5 Å². The minimum Gasteiger partial charge on any atom is -0.497 e. The average molecular weight is 260 g/mol. The maximum atomic E-state index is 11.9.